The zero-order valence-corrected chi connectivity index (χ0v) is 23.2. The van der Waals surface area contributed by atoms with Gasteiger partial charge in [0.2, 0.25) is 5.91 Å². The minimum Gasteiger partial charge on any atom is -0.368 e. The van der Waals surface area contributed by atoms with E-state index in [0.29, 0.717) is 23.5 Å². The summed E-state index contributed by atoms with van der Waals surface area (Å²) in [7, 11) is 0. The van der Waals surface area contributed by atoms with Crippen LogP contribution in [0.15, 0.2) is 76.7 Å². The molecule has 12 heteroatoms. The van der Waals surface area contributed by atoms with Crippen molar-refractivity contribution in [2.75, 3.05) is 42.1 Å². The second-order valence-corrected chi connectivity index (χ2v) is 8.83. The molecule has 0 aromatic heterocycles. The Morgan fingerprint density at radius 2 is 1.25 bits per heavy atom. The summed E-state index contributed by atoms with van der Waals surface area (Å²) in [6.07, 6.45) is 0. The van der Waals surface area contributed by atoms with E-state index in [4.69, 9.17) is 0 Å². The Bertz CT molecular complexity index is 1490. The second-order valence-electron chi connectivity index (χ2n) is 8.83. The predicted molar refractivity (Wildman–Crippen MR) is 163 cm³/mol. The van der Waals surface area contributed by atoms with Crippen molar-refractivity contribution in [3.8, 4) is 0 Å². The average molecular weight is 582 g/mol. The van der Waals surface area contributed by atoms with Gasteiger partial charge in [-0.2, -0.15) is 0 Å². The molecule has 3 aromatic rings. The molecule has 0 saturated heterocycles. The molecule has 0 saturated carbocycles. The Morgan fingerprint density at radius 1 is 0.700 bits per heavy atom. The van der Waals surface area contributed by atoms with Crippen LogP contribution in [0.4, 0.5) is 17.1 Å². The average Bonchev–Trinajstić information content (AvgIpc) is 3.64. The number of benzene rings is 3. The maximum Gasteiger partial charge on any atom is 0.257 e. The van der Waals surface area contributed by atoms with E-state index >= 15 is 0 Å². The van der Waals surface area contributed by atoms with Crippen LogP contribution in [0.3, 0.4) is 0 Å². The number of carbonyl (C=O) groups excluding carboxylic acids is 3. The molecule has 0 fully saturated rings. The third-order valence-electron chi connectivity index (χ3n) is 5.97. The van der Waals surface area contributed by atoms with Crippen LogP contribution < -0.4 is 26.6 Å². The SMILES string of the molecule is CC(=O)Nc1cc(C(=O)Nc2cccc(C3=NCCN3)c2)ccc1C(=O)Nc1cccc(C2=NCCN2)c1.Cl.Cl. The summed E-state index contributed by atoms with van der Waals surface area (Å²) in [5, 5.41) is 14.8. The van der Waals surface area contributed by atoms with Gasteiger partial charge in [-0.25, -0.2) is 0 Å². The lowest BCUT2D eigenvalue weighted by Crippen LogP contribution is -2.21. The van der Waals surface area contributed by atoms with E-state index in [9.17, 15) is 14.4 Å². The number of hydrogen-bond donors (Lipinski definition) is 5. The molecule has 5 N–H and O–H groups in total. The van der Waals surface area contributed by atoms with Crippen molar-refractivity contribution in [3.05, 3.63) is 89.0 Å². The second kappa shape index (κ2) is 13.6. The Labute approximate surface area is 244 Å². The van der Waals surface area contributed by atoms with Gasteiger partial charge in [-0.05, 0) is 42.5 Å². The summed E-state index contributed by atoms with van der Waals surface area (Å²) in [6, 6.07) is 19.3. The number of aliphatic imine (C=N–C) groups is 2. The highest BCUT2D eigenvalue weighted by atomic mass is 35.5. The van der Waals surface area contributed by atoms with Crippen LogP contribution in [0.5, 0.6) is 0 Å². The molecule has 0 spiro atoms. The molecule has 0 atom stereocenters. The molecule has 2 aliphatic rings. The molecule has 3 amide bonds. The summed E-state index contributed by atoms with van der Waals surface area (Å²) < 4.78 is 0. The number of amides is 3. The van der Waals surface area contributed by atoms with Gasteiger partial charge in [0, 0.05) is 48.1 Å². The summed E-state index contributed by atoms with van der Waals surface area (Å²) in [6.45, 7) is 4.34. The van der Waals surface area contributed by atoms with Crippen LogP contribution in [0.1, 0.15) is 38.8 Å². The molecule has 0 aliphatic carbocycles. The highest BCUT2D eigenvalue weighted by Crippen LogP contribution is 2.22. The van der Waals surface area contributed by atoms with Crippen LogP contribution in [-0.4, -0.2) is 55.6 Å². The van der Waals surface area contributed by atoms with Crippen LogP contribution in [0.25, 0.3) is 0 Å². The first kappa shape index (κ1) is 30.1. The van der Waals surface area contributed by atoms with Gasteiger partial charge in [0.25, 0.3) is 11.8 Å². The van der Waals surface area contributed by atoms with Crippen LogP contribution in [-0.2, 0) is 4.79 Å². The van der Waals surface area contributed by atoms with Crippen molar-refractivity contribution in [2.45, 2.75) is 6.92 Å². The summed E-state index contributed by atoms with van der Waals surface area (Å²) >= 11 is 0. The van der Waals surface area contributed by atoms with Gasteiger partial charge in [-0.3, -0.25) is 24.4 Å². The largest absolute Gasteiger partial charge is 0.368 e. The minimum absolute atomic E-state index is 0. The van der Waals surface area contributed by atoms with Crippen molar-refractivity contribution < 1.29 is 14.4 Å². The lowest BCUT2D eigenvalue weighted by atomic mass is 10.1. The van der Waals surface area contributed by atoms with Crippen LogP contribution >= 0.6 is 24.8 Å². The van der Waals surface area contributed by atoms with E-state index < -0.39 is 5.91 Å². The number of hydrogen-bond acceptors (Lipinski definition) is 7. The molecule has 0 bridgehead atoms. The molecule has 10 nitrogen and oxygen atoms in total. The normalized spacial score (nSPS) is 13.3. The number of carbonyl (C=O) groups is 3. The monoisotopic (exact) mass is 581 g/mol. The first-order chi connectivity index (χ1) is 18.5. The number of nitrogens with one attached hydrogen (secondary N) is 5. The van der Waals surface area contributed by atoms with Crippen molar-refractivity contribution in [2.24, 2.45) is 9.98 Å². The number of halogens is 2. The first-order valence-corrected chi connectivity index (χ1v) is 12.3. The van der Waals surface area contributed by atoms with Crippen LogP contribution in [0.2, 0.25) is 0 Å². The zero-order valence-electron chi connectivity index (χ0n) is 21.6. The van der Waals surface area contributed by atoms with Gasteiger partial charge in [-0.15, -0.1) is 24.8 Å². The highest BCUT2D eigenvalue weighted by Gasteiger charge is 2.18. The molecule has 40 heavy (non-hydrogen) atoms. The third kappa shape index (κ3) is 7.16. The Balaban J connectivity index is 0.00000220. The number of rotatable bonds is 7. The molecule has 208 valence electrons. The number of amidine groups is 2. The molecular formula is C28H29Cl2N7O3. The molecule has 2 aliphatic heterocycles. The number of anilines is 3. The molecule has 5 rings (SSSR count). The van der Waals surface area contributed by atoms with Crippen molar-refractivity contribution in [3.63, 3.8) is 0 Å². The fourth-order valence-electron chi connectivity index (χ4n) is 4.25. The van der Waals surface area contributed by atoms with E-state index in [2.05, 4.69) is 36.6 Å². The molecule has 0 radical (unpaired) electrons. The van der Waals surface area contributed by atoms with Gasteiger partial charge in [0.1, 0.15) is 11.7 Å². The number of nitrogens with zero attached hydrogens (tertiary/aromatic N) is 2. The highest BCUT2D eigenvalue weighted by molar-refractivity contribution is 6.13. The fraction of sp³-hybridized carbons (Fsp3) is 0.179. The predicted octanol–water partition coefficient (Wildman–Crippen LogP) is 3.69. The van der Waals surface area contributed by atoms with E-state index in [1.54, 1.807) is 18.2 Å². The maximum absolute atomic E-state index is 13.2. The molecular weight excluding hydrogens is 553 g/mol. The topological polar surface area (TPSA) is 136 Å². The van der Waals surface area contributed by atoms with E-state index in [1.807, 2.05) is 36.4 Å². The third-order valence-corrected chi connectivity index (χ3v) is 5.97. The first-order valence-electron chi connectivity index (χ1n) is 12.3. The molecule has 0 unspecified atom stereocenters. The van der Waals surface area contributed by atoms with Gasteiger partial charge >= 0.3 is 0 Å². The smallest absolute Gasteiger partial charge is 0.257 e. The standard InChI is InChI=1S/C28H27N7O3.2ClH/c1-17(36)33-24-16-20(27(37)34-21-6-2-4-18(14-21)25-29-10-11-30-25)8-9-23(24)28(38)35-22-7-3-5-19(15-22)26-31-12-13-32-26;;/h2-9,14-16H,10-13H2,1H3,(H,29,30)(H,31,32)(H,33,36)(H,34,37)(H,35,38);2*1H. The fourth-order valence-corrected chi connectivity index (χ4v) is 4.25. The van der Waals surface area contributed by atoms with Gasteiger partial charge in [0.05, 0.1) is 24.3 Å². The van der Waals surface area contributed by atoms with Gasteiger partial charge in [0.15, 0.2) is 0 Å². The van der Waals surface area contributed by atoms with Gasteiger partial charge < -0.3 is 26.6 Å². The summed E-state index contributed by atoms with van der Waals surface area (Å²) in [4.78, 5) is 46.9. The minimum atomic E-state index is -0.420. The lowest BCUT2D eigenvalue weighted by Gasteiger charge is -2.14. The van der Waals surface area contributed by atoms with Crippen LogP contribution in [0, 0.1) is 0 Å². The Hall–Kier alpha value is -4.41. The quantitative estimate of drug-likeness (QED) is 0.290. The maximum atomic E-state index is 13.2. The van der Waals surface area contributed by atoms with Crippen molar-refractivity contribution in [1.82, 2.24) is 10.6 Å². The summed E-state index contributed by atoms with van der Waals surface area (Å²) in [5.41, 5.74) is 3.69. The molecule has 3 aromatic carbocycles. The van der Waals surface area contributed by atoms with E-state index in [0.717, 1.165) is 42.4 Å². The molecule has 2 heterocycles. The summed E-state index contributed by atoms with van der Waals surface area (Å²) in [5.74, 6) is 0.425. The Morgan fingerprint density at radius 3 is 1.75 bits per heavy atom. The van der Waals surface area contributed by atoms with E-state index in [1.165, 1.54) is 19.1 Å². The van der Waals surface area contributed by atoms with E-state index in [-0.39, 0.29) is 47.9 Å². The van der Waals surface area contributed by atoms with Crippen molar-refractivity contribution in [1.29, 1.82) is 0 Å². The van der Waals surface area contributed by atoms with Crippen molar-refractivity contribution >= 4 is 71.3 Å². The Kier molecular flexibility index (Phi) is 10.2. The van der Waals surface area contributed by atoms with Gasteiger partial charge in [-0.1, -0.05) is 24.3 Å². The lowest BCUT2D eigenvalue weighted by molar-refractivity contribution is -0.114. The zero-order chi connectivity index (χ0) is 26.5.